The van der Waals surface area contributed by atoms with E-state index >= 15 is 0 Å². The number of fused-ring (bicyclic) bond motifs is 11. The van der Waals surface area contributed by atoms with Gasteiger partial charge in [-0.05, 0) is 34.5 Å². The average molecular weight is 684 g/mol. The Hall–Kier alpha value is -6.36. The molecule has 4 heteroatoms. The number of hydrogen-bond acceptors (Lipinski definition) is 3. The number of rotatable bonds is 3. The molecule has 11 aromatic rings. The molecule has 0 unspecified atom stereocenters. The zero-order valence-corrected chi connectivity index (χ0v) is 29.7. The van der Waals surface area contributed by atoms with Gasteiger partial charge in [-0.25, -0.2) is 9.97 Å². The molecule has 0 aliphatic carbocycles. The van der Waals surface area contributed by atoms with E-state index in [0.29, 0.717) is 5.95 Å². The molecular formula is C48H33N3S. The summed E-state index contributed by atoms with van der Waals surface area (Å²) in [4.78, 5) is 11.0. The molecule has 0 spiro atoms. The van der Waals surface area contributed by atoms with E-state index in [1.807, 2.05) is 25.2 Å². The number of para-hydroxylation sites is 1. The first kappa shape index (κ1) is 30.5. The Bertz CT molecular complexity index is 3150. The second kappa shape index (κ2) is 12.2. The van der Waals surface area contributed by atoms with Crippen LogP contribution in [0.25, 0.3) is 103 Å². The third-order valence-electron chi connectivity index (χ3n) is 10.2. The highest BCUT2D eigenvalue weighted by atomic mass is 32.1. The number of thiophene rings is 1. The van der Waals surface area contributed by atoms with E-state index < -0.39 is 0 Å². The molecule has 0 aliphatic heterocycles. The van der Waals surface area contributed by atoms with Gasteiger partial charge in [-0.2, -0.15) is 0 Å². The van der Waals surface area contributed by atoms with Crippen LogP contribution in [-0.4, -0.2) is 14.5 Å². The molecule has 0 fully saturated rings. The van der Waals surface area contributed by atoms with Gasteiger partial charge in [0.15, 0.2) is 0 Å². The first-order chi connectivity index (χ1) is 25.8. The van der Waals surface area contributed by atoms with Crippen molar-refractivity contribution in [2.45, 2.75) is 13.8 Å². The van der Waals surface area contributed by atoms with Crippen LogP contribution in [0.5, 0.6) is 0 Å². The molecule has 8 aromatic carbocycles. The van der Waals surface area contributed by atoms with Crippen molar-refractivity contribution in [1.29, 1.82) is 0 Å². The monoisotopic (exact) mass is 683 g/mol. The summed E-state index contributed by atoms with van der Waals surface area (Å²) in [5.41, 5.74) is 7.55. The standard InChI is InChI=1S/C46H27N3S.C2H6/c1-2-14-30(15-3-1)42-38-27-25-28-12-4-6-16-31(28)43(38)48-46(47-42)49-44-32-17-7-5-13-29(32)24-26-36(44)35-21-10-20-34(45(35)49)33-19-11-23-40-41(33)37-18-8-9-22-39(37)50-40;1-2/h1-27H;1-2H3. The minimum absolute atomic E-state index is 0.666. The Morgan fingerprint density at radius 2 is 1.02 bits per heavy atom. The second-order valence-electron chi connectivity index (χ2n) is 12.9. The minimum atomic E-state index is 0.666. The molecule has 0 bridgehead atoms. The topological polar surface area (TPSA) is 30.7 Å². The highest BCUT2D eigenvalue weighted by Gasteiger charge is 2.23. The van der Waals surface area contributed by atoms with Crippen LogP contribution in [0, 0.1) is 0 Å². The second-order valence-corrected chi connectivity index (χ2v) is 14.0. The molecule has 0 atom stereocenters. The van der Waals surface area contributed by atoms with Gasteiger partial charge in [0, 0.05) is 58.2 Å². The van der Waals surface area contributed by atoms with Gasteiger partial charge in [-0.15, -0.1) is 11.3 Å². The Kier molecular flexibility index (Phi) is 7.12. The van der Waals surface area contributed by atoms with E-state index in [9.17, 15) is 0 Å². The lowest BCUT2D eigenvalue weighted by molar-refractivity contribution is 1.02. The maximum Gasteiger partial charge on any atom is 0.235 e. The van der Waals surface area contributed by atoms with Crippen molar-refractivity contribution >= 4 is 85.8 Å². The van der Waals surface area contributed by atoms with Gasteiger partial charge in [-0.3, -0.25) is 4.57 Å². The summed E-state index contributed by atoms with van der Waals surface area (Å²) in [6, 6.07) is 58.8. The van der Waals surface area contributed by atoms with E-state index in [1.54, 1.807) is 0 Å². The summed E-state index contributed by atoms with van der Waals surface area (Å²) in [7, 11) is 0. The Morgan fingerprint density at radius 1 is 0.423 bits per heavy atom. The first-order valence-corrected chi connectivity index (χ1v) is 18.7. The Labute approximate surface area is 305 Å². The van der Waals surface area contributed by atoms with Crippen LogP contribution in [0.1, 0.15) is 13.8 Å². The first-order valence-electron chi connectivity index (χ1n) is 17.9. The van der Waals surface area contributed by atoms with Gasteiger partial charge in [0.1, 0.15) is 0 Å². The highest BCUT2D eigenvalue weighted by Crippen LogP contribution is 2.45. The molecule has 52 heavy (non-hydrogen) atoms. The largest absolute Gasteiger partial charge is 0.277 e. The molecule has 246 valence electrons. The Morgan fingerprint density at radius 3 is 1.85 bits per heavy atom. The predicted molar refractivity (Wildman–Crippen MR) is 224 cm³/mol. The van der Waals surface area contributed by atoms with E-state index in [4.69, 9.17) is 9.97 Å². The summed E-state index contributed by atoms with van der Waals surface area (Å²) in [5.74, 6) is 0.666. The number of aromatic nitrogens is 3. The van der Waals surface area contributed by atoms with E-state index in [2.05, 4.69) is 168 Å². The fraction of sp³-hybridized carbons (Fsp3) is 0.0417. The summed E-state index contributed by atoms with van der Waals surface area (Å²) in [6.07, 6.45) is 0. The lowest BCUT2D eigenvalue weighted by Crippen LogP contribution is -2.05. The van der Waals surface area contributed by atoms with Crippen LogP contribution in [0.4, 0.5) is 0 Å². The molecule has 0 radical (unpaired) electrons. The molecule has 0 N–H and O–H groups in total. The zero-order chi connectivity index (χ0) is 34.8. The number of benzene rings is 8. The smallest absolute Gasteiger partial charge is 0.235 e. The van der Waals surface area contributed by atoms with Crippen LogP contribution in [-0.2, 0) is 0 Å². The lowest BCUT2D eigenvalue weighted by Gasteiger charge is -2.15. The van der Waals surface area contributed by atoms with Crippen molar-refractivity contribution in [2.75, 3.05) is 0 Å². The number of hydrogen-bond donors (Lipinski definition) is 0. The zero-order valence-electron chi connectivity index (χ0n) is 28.8. The van der Waals surface area contributed by atoms with Crippen LogP contribution in [0.2, 0.25) is 0 Å². The van der Waals surface area contributed by atoms with Crippen molar-refractivity contribution in [3.63, 3.8) is 0 Å². The SMILES string of the molecule is CC.c1ccc(-c2nc(-n3c4c(-c5cccc6sc7ccccc7c56)cccc4c4ccc5ccccc5c43)nc3c2ccc2ccccc23)cc1. The lowest BCUT2D eigenvalue weighted by atomic mass is 9.97. The highest BCUT2D eigenvalue weighted by molar-refractivity contribution is 7.25. The maximum atomic E-state index is 5.53. The molecular weight excluding hydrogens is 651 g/mol. The molecule has 0 saturated heterocycles. The van der Waals surface area contributed by atoms with Crippen molar-refractivity contribution in [3.05, 3.63) is 164 Å². The minimum Gasteiger partial charge on any atom is -0.277 e. The van der Waals surface area contributed by atoms with Crippen LogP contribution >= 0.6 is 11.3 Å². The van der Waals surface area contributed by atoms with Crippen molar-refractivity contribution in [3.8, 4) is 28.3 Å². The van der Waals surface area contributed by atoms with Gasteiger partial charge in [0.05, 0.1) is 22.2 Å². The fourth-order valence-corrected chi connectivity index (χ4v) is 9.14. The summed E-state index contributed by atoms with van der Waals surface area (Å²) in [6.45, 7) is 4.00. The van der Waals surface area contributed by atoms with E-state index in [-0.39, 0.29) is 0 Å². The maximum absolute atomic E-state index is 5.53. The molecule has 0 aliphatic rings. The van der Waals surface area contributed by atoms with Crippen molar-refractivity contribution in [2.24, 2.45) is 0 Å². The van der Waals surface area contributed by atoms with Gasteiger partial charge in [0.25, 0.3) is 0 Å². The third kappa shape index (κ3) is 4.51. The predicted octanol–water partition coefficient (Wildman–Crippen LogP) is 13.8. The average Bonchev–Trinajstić information content (AvgIpc) is 3.78. The van der Waals surface area contributed by atoms with Gasteiger partial charge in [-0.1, -0.05) is 159 Å². The molecule has 3 nitrogen and oxygen atoms in total. The van der Waals surface area contributed by atoms with Crippen molar-refractivity contribution in [1.82, 2.24) is 14.5 Å². The third-order valence-corrected chi connectivity index (χ3v) is 11.3. The summed E-state index contributed by atoms with van der Waals surface area (Å²) >= 11 is 1.85. The quantitative estimate of drug-likeness (QED) is 0.174. The van der Waals surface area contributed by atoms with E-state index in [0.717, 1.165) is 44.0 Å². The van der Waals surface area contributed by atoms with E-state index in [1.165, 1.54) is 52.8 Å². The van der Waals surface area contributed by atoms with Gasteiger partial charge in [0.2, 0.25) is 5.95 Å². The number of nitrogens with zero attached hydrogens (tertiary/aromatic N) is 3. The molecule has 11 rings (SSSR count). The van der Waals surface area contributed by atoms with Gasteiger partial charge >= 0.3 is 0 Å². The Balaban J connectivity index is 0.00000166. The summed E-state index contributed by atoms with van der Waals surface area (Å²) < 4.78 is 4.93. The van der Waals surface area contributed by atoms with Gasteiger partial charge < -0.3 is 0 Å². The molecule has 3 aromatic heterocycles. The van der Waals surface area contributed by atoms with Crippen LogP contribution in [0.15, 0.2) is 164 Å². The molecule has 0 amide bonds. The normalized spacial score (nSPS) is 11.7. The van der Waals surface area contributed by atoms with Crippen LogP contribution in [0.3, 0.4) is 0 Å². The summed E-state index contributed by atoms with van der Waals surface area (Å²) in [5, 5.41) is 10.6. The van der Waals surface area contributed by atoms with Crippen molar-refractivity contribution < 1.29 is 0 Å². The van der Waals surface area contributed by atoms with Crippen LogP contribution < -0.4 is 0 Å². The molecule has 3 heterocycles. The fourth-order valence-electron chi connectivity index (χ4n) is 8.01. The molecule has 0 saturated carbocycles.